The number of rotatable bonds is 4. The fourth-order valence-electron chi connectivity index (χ4n) is 0.992. The Morgan fingerprint density at radius 2 is 1.62 bits per heavy atom. The SMILES string of the molecule is CCN.COC([SiH3])(CC(C)C)OC. The number of methoxy groups -OCH3 is 2. The van der Waals surface area contributed by atoms with Gasteiger partial charge in [-0.1, -0.05) is 20.8 Å². The van der Waals surface area contributed by atoms with Crippen molar-refractivity contribution in [3.63, 3.8) is 0 Å². The van der Waals surface area contributed by atoms with Crippen LogP contribution in [0, 0.1) is 5.92 Å². The van der Waals surface area contributed by atoms with E-state index >= 15 is 0 Å². The molecule has 2 N–H and O–H groups in total. The van der Waals surface area contributed by atoms with Gasteiger partial charge in [-0.3, -0.25) is 0 Å². The second-order valence-corrected chi connectivity index (χ2v) is 5.07. The first-order valence-electron chi connectivity index (χ1n) is 4.76. The molecule has 0 bridgehead atoms. The Balaban J connectivity index is 0. The highest BCUT2D eigenvalue weighted by Gasteiger charge is 2.22. The molecule has 0 aliphatic rings. The summed E-state index contributed by atoms with van der Waals surface area (Å²) in [7, 11) is 4.34. The van der Waals surface area contributed by atoms with Crippen LogP contribution in [0.2, 0.25) is 0 Å². The topological polar surface area (TPSA) is 44.5 Å². The molecular weight excluding hydrogens is 182 g/mol. The highest BCUT2D eigenvalue weighted by atomic mass is 28.1. The van der Waals surface area contributed by atoms with Crippen LogP contribution >= 0.6 is 0 Å². The summed E-state index contributed by atoms with van der Waals surface area (Å²) in [6, 6.07) is 0. The molecule has 0 aromatic heterocycles. The third kappa shape index (κ3) is 10.0. The Labute approximate surface area is 85.4 Å². The van der Waals surface area contributed by atoms with Crippen LogP contribution in [0.1, 0.15) is 27.2 Å². The van der Waals surface area contributed by atoms with Crippen molar-refractivity contribution in [1.82, 2.24) is 0 Å². The summed E-state index contributed by atoms with van der Waals surface area (Å²) in [6.07, 6.45) is 0.992. The van der Waals surface area contributed by atoms with Gasteiger partial charge in [0.05, 0.1) is 10.2 Å². The molecule has 0 saturated heterocycles. The number of hydrogen-bond donors (Lipinski definition) is 1. The molecule has 0 aliphatic carbocycles. The molecule has 3 nitrogen and oxygen atoms in total. The fourth-order valence-corrected chi connectivity index (χ4v) is 1.81. The average molecular weight is 207 g/mol. The second-order valence-electron chi connectivity index (χ2n) is 3.55. The first-order valence-corrected chi connectivity index (χ1v) is 5.76. The van der Waals surface area contributed by atoms with Crippen molar-refractivity contribution < 1.29 is 9.47 Å². The monoisotopic (exact) mass is 207 g/mol. The van der Waals surface area contributed by atoms with Crippen LogP contribution in [0.4, 0.5) is 0 Å². The molecule has 0 aromatic rings. The Hall–Kier alpha value is 0.0969. The van der Waals surface area contributed by atoms with Gasteiger partial charge in [0, 0.05) is 14.2 Å². The lowest BCUT2D eigenvalue weighted by molar-refractivity contribution is -0.151. The Morgan fingerprint density at radius 3 is 1.69 bits per heavy atom. The van der Waals surface area contributed by atoms with Crippen molar-refractivity contribution in [2.75, 3.05) is 20.8 Å². The minimum Gasteiger partial charge on any atom is -0.358 e. The predicted molar refractivity (Wildman–Crippen MR) is 60.9 cm³/mol. The number of nitrogens with two attached hydrogens (primary N) is 1. The zero-order valence-electron chi connectivity index (χ0n) is 9.89. The number of ether oxygens (including phenoxy) is 2. The average Bonchev–Trinajstić information content (AvgIpc) is 2.05. The van der Waals surface area contributed by atoms with Crippen molar-refractivity contribution >= 4 is 10.2 Å². The van der Waals surface area contributed by atoms with Crippen LogP contribution in [0.25, 0.3) is 0 Å². The Kier molecular flexibility index (Phi) is 10.4. The maximum Gasteiger partial charge on any atom is 0.141 e. The van der Waals surface area contributed by atoms with Gasteiger partial charge in [0.1, 0.15) is 5.41 Å². The Bertz CT molecular complexity index is 106. The Morgan fingerprint density at radius 1 is 1.31 bits per heavy atom. The van der Waals surface area contributed by atoms with E-state index in [0.717, 1.165) is 23.2 Å². The van der Waals surface area contributed by atoms with Crippen molar-refractivity contribution in [3.8, 4) is 0 Å². The molecule has 0 heterocycles. The van der Waals surface area contributed by atoms with Gasteiger partial charge in [0.25, 0.3) is 0 Å². The van der Waals surface area contributed by atoms with Gasteiger partial charge < -0.3 is 15.2 Å². The van der Waals surface area contributed by atoms with E-state index in [9.17, 15) is 0 Å². The van der Waals surface area contributed by atoms with Crippen LogP contribution in [0.5, 0.6) is 0 Å². The van der Waals surface area contributed by atoms with Gasteiger partial charge in [-0.2, -0.15) is 0 Å². The molecule has 0 unspecified atom stereocenters. The summed E-state index contributed by atoms with van der Waals surface area (Å²) in [5, 5.41) is 0. The van der Waals surface area contributed by atoms with Crippen LogP contribution in [-0.4, -0.2) is 36.4 Å². The molecule has 0 aliphatic heterocycles. The van der Waals surface area contributed by atoms with Crippen molar-refractivity contribution in [2.24, 2.45) is 11.7 Å². The summed E-state index contributed by atoms with van der Waals surface area (Å²) in [4.78, 5) is 0. The van der Waals surface area contributed by atoms with E-state index in [1.807, 2.05) is 6.92 Å². The minimum atomic E-state index is -0.256. The van der Waals surface area contributed by atoms with Gasteiger partial charge in [-0.05, 0) is 18.9 Å². The number of hydrogen-bond acceptors (Lipinski definition) is 3. The molecule has 4 heteroatoms. The first kappa shape index (κ1) is 15.6. The lowest BCUT2D eigenvalue weighted by atomic mass is 10.1. The van der Waals surface area contributed by atoms with Crippen molar-refractivity contribution in [1.29, 1.82) is 0 Å². The molecule has 0 aromatic carbocycles. The fraction of sp³-hybridized carbons (Fsp3) is 1.00. The van der Waals surface area contributed by atoms with E-state index in [-0.39, 0.29) is 5.41 Å². The van der Waals surface area contributed by atoms with E-state index < -0.39 is 0 Å². The highest BCUT2D eigenvalue weighted by Crippen LogP contribution is 2.16. The maximum atomic E-state index is 5.24. The van der Waals surface area contributed by atoms with E-state index in [0.29, 0.717) is 5.92 Å². The van der Waals surface area contributed by atoms with Gasteiger partial charge in [-0.25, -0.2) is 0 Å². The first-order chi connectivity index (χ1) is 5.95. The lowest BCUT2D eigenvalue weighted by Gasteiger charge is -2.28. The normalized spacial score (nSPS) is 11.3. The third-order valence-electron chi connectivity index (χ3n) is 1.64. The van der Waals surface area contributed by atoms with Gasteiger partial charge in [0.2, 0.25) is 0 Å². The molecule has 82 valence electrons. The van der Waals surface area contributed by atoms with Crippen LogP contribution in [-0.2, 0) is 9.47 Å². The van der Waals surface area contributed by atoms with E-state index in [1.165, 1.54) is 0 Å². The summed E-state index contributed by atoms with van der Waals surface area (Å²) in [5.41, 5.74) is 4.59. The van der Waals surface area contributed by atoms with E-state index in [4.69, 9.17) is 15.2 Å². The third-order valence-corrected chi connectivity index (χ3v) is 2.87. The van der Waals surface area contributed by atoms with Crippen LogP contribution in [0.3, 0.4) is 0 Å². The molecule has 13 heavy (non-hydrogen) atoms. The summed E-state index contributed by atoms with van der Waals surface area (Å²) < 4.78 is 10.5. The van der Waals surface area contributed by atoms with E-state index in [2.05, 4.69) is 13.8 Å². The smallest absolute Gasteiger partial charge is 0.141 e. The zero-order valence-corrected chi connectivity index (χ0v) is 11.9. The van der Waals surface area contributed by atoms with Crippen molar-refractivity contribution in [3.05, 3.63) is 0 Å². The molecule has 0 amide bonds. The standard InChI is InChI=1S/C7H18O2Si.C2H7N/c1-6(2)5-7(10,8-3)9-4;1-2-3/h6H,5H2,1-4,10H3;2-3H2,1H3. The quantitative estimate of drug-likeness (QED) is 0.533. The van der Waals surface area contributed by atoms with Crippen LogP contribution in [0.15, 0.2) is 0 Å². The zero-order chi connectivity index (χ0) is 10.9. The molecule has 0 saturated carbocycles. The predicted octanol–water partition coefficient (Wildman–Crippen LogP) is 0.309. The van der Waals surface area contributed by atoms with Gasteiger partial charge in [0.15, 0.2) is 0 Å². The van der Waals surface area contributed by atoms with E-state index in [1.54, 1.807) is 14.2 Å². The van der Waals surface area contributed by atoms with Gasteiger partial charge >= 0.3 is 0 Å². The second kappa shape index (κ2) is 8.68. The van der Waals surface area contributed by atoms with Crippen molar-refractivity contribution in [2.45, 2.75) is 32.6 Å². The summed E-state index contributed by atoms with van der Waals surface area (Å²) in [5.74, 6) is 0.636. The largest absolute Gasteiger partial charge is 0.358 e. The minimum absolute atomic E-state index is 0.256. The summed E-state index contributed by atoms with van der Waals surface area (Å²) in [6.45, 7) is 7.00. The molecule has 0 radical (unpaired) electrons. The molecule has 0 rings (SSSR count). The maximum absolute atomic E-state index is 5.24. The molecule has 0 atom stereocenters. The molecule has 0 fully saturated rings. The summed E-state index contributed by atoms with van der Waals surface area (Å²) >= 11 is 0. The van der Waals surface area contributed by atoms with Crippen LogP contribution < -0.4 is 5.73 Å². The molecule has 0 spiro atoms. The highest BCUT2D eigenvalue weighted by molar-refractivity contribution is 6.13. The lowest BCUT2D eigenvalue weighted by Crippen LogP contribution is -2.35. The molecular formula is C9H25NO2Si. The van der Waals surface area contributed by atoms with Gasteiger partial charge in [-0.15, -0.1) is 0 Å².